The molecule has 0 saturated carbocycles. The number of piperazine rings is 1. The Hall–Kier alpha value is -3.84. The lowest BCUT2D eigenvalue weighted by molar-refractivity contribution is -0.148. The van der Waals surface area contributed by atoms with E-state index in [4.69, 9.17) is 0 Å². The average Bonchev–Trinajstić information content (AvgIpc) is 3.42. The van der Waals surface area contributed by atoms with E-state index in [0.29, 0.717) is 5.70 Å². The molecule has 5 heterocycles. The van der Waals surface area contributed by atoms with Gasteiger partial charge < -0.3 is 20.3 Å². The molecule has 3 N–H and O–H groups in total. The molecular formula is C27H24N4O3. The fourth-order valence-corrected chi connectivity index (χ4v) is 6.06. The number of allylic oxidation sites excluding steroid dienone is 1. The van der Waals surface area contributed by atoms with Gasteiger partial charge >= 0.3 is 0 Å². The van der Waals surface area contributed by atoms with Gasteiger partial charge in [-0.1, -0.05) is 56.3 Å². The second-order valence-electron chi connectivity index (χ2n) is 10.2. The van der Waals surface area contributed by atoms with Crippen LogP contribution in [0.5, 0.6) is 0 Å². The van der Waals surface area contributed by atoms with Crippen molar-refractivity contribution in [1.29, 1.82) is 0 Å². The molecule has 0 unspecified atom stereocenters. The van der Waals surface area contributed by atoms with E-state index in [-0.39, 0.29) is 23.7 Å². The van der Waals surface area contributed by atoms with Crippen LogP contribution in [0.4, 0.5) is 5.69 Å². The minimum absolute atomic E-state index is 0.158. The van der Waals surface area contributed by atoms with Gasteiger partial charge in [0.1, 0.15) is 23.5 Å². The van der Waals surface area contributed by atoms with Gasteiger partial charge in [0.2, 0.25) is 0 Å². The summed E-state index contributed by atoms with van der Waals surface area (Å²) in [4.78, 5) is 34.3. The molecular weight excluding hydrogens is 428 g/mol. The molecule has 4 aliphatic heterocycles. The number of carbonyl (C=O) groups is 2. The molecule has 170 valence electrons. The maximum atomic E-state index is 14.0. The van der Waals surface area contributed by atoms with Crippen molar-refractivity contribution < 1.29 is 14.7 Å². The predicted octanol–water partition coefficient (Wildman–Crippen LogP) is 3.40. The van der Waals surface area contributed by atoms with Crippen molar-refractivity contribution in [1.82, 2.24) is 14.8 Å². The van der Waals surface area contributed by atoms with Crippen molar-refractivity contribution in [3.8, 4) is 0 Å². The minimum Gasteiger partial charge on any atom is -0.381 e. The number of H-pyrrole nitrogens is 1. The molecule has 7 nitrogen and oxygen atoms in total. The number of aromatic nitrogens is 1. The maximum Gasteiger partial charge on any atom is 0.273 e. The number of nitrogens with one attached hydrogen (secondary N) is 2. The number of aliphatic hydroxyl groups is 1. The van der Waals surface area contributed by atoms with Crippen LogP contribution in [-0.2, 0) is 20.6 Å². The summed E-state index contributed by atoms with van der Waals surface area (Å²) in [5.41, 5.74) is 2.99. The van der Waals surface area contributed by atoms with E-state index < -0.39 is 17.8 Å². The van der Waals surface area contributed by atoms with Crippen molar-refractivity contribution in [3.63, 3.8) is 0 Å². The number of amides is 2. The lowest BCUT2D eigenvalue weighted by Gasteiger charge is -2.40. The number of anilines is 1. The van der Waals surface area contributed by atoms with E-state index in [9.17, 15) is 14.7 Å². The van der Waals surface area contributed by atoms with Gasteiger partial charge in [-0.15, -0.1) is 0 Å². The zero-order valence-corrected chi connectivity index (χ0v) is 18.9. The van der Waals surface area contributed by atoms with E-state index >= 15 is 0 Å². The molecule has 2 fully saturated rings. The highest BCUT2D eigenvalue weighted by Crippen LogP contribution is 2.51. The summed E-state index contributed by atoms with van der Waals surface area (Å²) in [7, 11) is 0. The topological polar surface area (TPSA) is 88.7 Å². The summed E-state index contributed by atoms with van der Waals surface area (Å²) < 4.78 is 0. The second kappa shape index (κ2) is 6.18. The molecule has 3 atom stereocenters. The Balaban J connectivity index is 1.42. The first-order valence-electron chi connectivity index (χ1n) is 11.6. The Labute approximate surface area is 196 Å². The van der Waals surface area contributed by atoms with Crippen LogP contribution in [0, 0.1) is 0 Å². The summed E-state index contributed by atoms with van der Waals surface area (Å²) >= 11 is 0. The maximum absolute atomic E-state index is 14.0. The van der Waals surface area contributed by atoms with Gasteiger partial charge in [0, 0.05) is 51.4 Å². The van der Waals surface area contributed by atoms with Gasteiger partial charge in [-0.25, -0.2) is 0 Å². The fourth-order valence-electron chi connectivity index (χ4n) is 6.06. The van der Waals surface area contributed by atoms with E-state index in [1.807, 2.05) is 60.7 Å². The first-order chi connectivity index (χ1) is 16.3. The molecule has 7 heteroatoms. The Morgan fingerprint density at radius 2 is 1.82 bits per heavy atom. The lowest BCUT2D eigenvalue weighted by atomic mass is 9.85. The molecule has 2 saturated heterocycles. The number of para-hydroxylation sites is 2. The highest BCUT2D eigenvalue weighted by Gasteiger charge is 2.63. The SMILES string of the molecule is CC1(C)/C=C\N2C(=O)[C@H]3C[C@@]4(O)c5ccccc5N[C@H]4N3C(=O)/C2=C/c2c1[nH]c1ccccc21. The third kappa shape index (κ3) is 2.29. The van der Waals surface area contributed by atoms with Crippen LogP contribution >= 0.6 is 0 Å². The summed E-state index contributed by atoms with van der Waals surface area (Å²) in [6.07, 6.45) is 4.98. The molecule has 0 radical (unpaired) electrons. The minimum atomic E-state index is -1.32. The van der Waals surface area contributed by atoms with Crippen molar-refractivity contribution in [2.75, 3.05) is 5.32 Å². The van der Waals surface area contributed by atoms with Crippen molar-refractivity contribution in [3.05, 3.63) is 83.3 Å². The number of benzene rings is 2. The van der Waals surface area contributed by atoms with Crippen molar-refractivity contribution in [2.24, 2.45) is 0 Å². The van der Waals surface area contributed by atoms with Gasteiger partial charge in [0.25, 0.3) is 11.8 Å². The van der Waals surface area contributed by atoms with Crippen LogP contribution < -0.4 is 5.32 Å². The van der Waals surface area contributed by atoms with Crippen LogP contribution in [0.15, 0.2) is 66.5 Å². The number of hydrogen-bond donors (Lipinski definition) is 3. The predicted molar refractivity (Wildman–Crippen MR) is 128 cm³/mol. The smallest absolute Gasteiger partial charge is 0.273 e. The van der Waals surface area contributed by atoms with Gasteiger partial charge in [-0.2, -0.15) is 0 Å². The van der Waals surface area contributed by atoms with Crippen molar-refractivity contribution in [2.45, 2.75) is 43.5 Å². The van der Waals surface area contributed by atoms with E-state index in [1.165, 1.54) is 4.90 Å². The third-order valence-electron chi connectivity index (χ3n) is 7.80. The third-order valence-corrected chi connectivity index (χ3v) is 7.80. The first kappa shape index (κ1) is 19.6. The highest BCUT2D eigenvalue weighted by molar-refractivity contribution is 6.10. The van der Waals surface area contributed by atoms with E-state index in [1.54, 1.807) is 11.1 Å². The Morgan fingerprint density at radius 3 is 2.68 bits per heavy atom. The Morgan fingerprint density at radius 1 is 1.06 bits per heavy atom. The standard InChI is InChI=1S/C27H24N4O3/c1-26(2)11-12-30-20(13-16-15-7-3-5-9-18(15)28-22(16)26)24(33)31-21(23(30)32)14-27(34)17-8-4-6-10-19(17)29-25(27)31/h3-13,21,25,28-29,34H,14H2,1-2H3/b12-11-,20-13-/t21-,25+,27-/m1/s1. The van der Waals surface area contributed by atoms with E-state index in [0.717, 1.165) is 33.4 Å². The van der Waals surface area contributed by atoms with Crippen LogP contribution in [0.25, 0.3) is 17.0 Å². The summed E-state index contributed by atoms with van der Waals surface area (Å²) in [6.45, 7) is 4.17. The Bertz CT molecular complexity index is 1480. The zero-order valence-electron chi connectivity index (χ0n) is 18.9. The molecule has 0 aliphatic carbocycles. The molecule has 7 rings (SSSR count). The molecule has 4 aliphatic rings. The molecule has 0 bridgehead atoms. The Kier molecular flexibility index (Phi) is 3.57. The number of nitrogens with zero attached hydrogens (tertiary/aromatic N) is 2. The summed E-state index contributed by atoms with van der Waals surface area (Å²) in [5, 5.41) is 16.0. The summed E-state index contributed by atoms with van der Waals surface area (Å²) in [5.74, 6) is -0.477. The average molecular weight is 453 g/mol. The molecule has 1 aromatic heterocycles. The number of aromatic amines is 1. The normalized spacial score (nSPS) is 30.9. The number of fused-ring (bicyclic) bond motifs is 9. The second-order valence-corrected chi connectivity index (χ2v) is 10.2. The van der Waals surface area contributed by atoms with Crippen molar-refractivity contribution >= 4 is 34.5 Å². The van der Waals surface area contributed by atoms with Gasteiger partial charge in [0.15, 0.2) is 0 Å². The van der Waals surface area contributed by atoms with Crippen LogP contribution in [0.2, 0.25) is 0 Å². The largest absolute Gasteiger partial charge is 0.381 e. The number of carbonyl (C=O) groups excluding carboxylic acids is 2. The van der Waals surface area contributed by atoms with Gasteiger partial charge in [-0.05, 0) is 18.2 Å². The molecule has 3 aromatic rings. The van der Waals surface area contributed by atoms with Crippen LogP contribution in [-0.4, -0.2) is 43.9 Å². The molecule has 2 amide bonds. The monoisotopic (exact) mass is 452 g/mol. The van der Waals surface area contributed by atoms with E-state index in [2.05, 4.69) is 24.1 Å². The molecule has 0 spiro atoms. The van der Waals surface area contributed by atoms with Crippen LogP contribution in [0.1, 0.15) is 37.1 Å². The first-order valence-corrected chi connectivity index (χ1v) is 11.6. The summed E-state index contributed by atoms with van der Waals surface area (Å²) in [6, 6.07) is 14.7. The van der Waals surface area contributed by atoms with Crippen LogP contribution in [0.3, 0.4) is 0 Å². The number of hydrogen-bond acceptors (Lipinski definition) is 4. The molecule has 34 heavy (non-hydrogen) atoms. The zero-order chi connectivity index (χ0) is 23.4. The molecule has 2 aromatic carbocycles. The fraction of sp³-hybridized carbons (Fsp3) is 0.259. The quantitative estimate of drug-likeness (QED) is 0.488. The number of rotatable bonds is 0. The van der Waals surface area contributed by atoms with Gasteiger partial charge in [-0.3, -0.25) is 14.5 Å². The lowest BCUT2D eigenvalue weighted by Crippen LogP contribution is -2.58. The highest BCUT2D eigenvalue weighted by atomic mass is 16.3. The van der Waals surface area contributed by atoms with Gasteiger partial charge in [0.05, 0.1) is 0 Å².